The van der Waals surface area contributed by atoms with Gasteiger partial charge in [0.2, 0.25) is 5.91 Å². The Balaban J connectivity index is 2.89. The van der Waals surface area contributed by atoms with Crippen molar-refractivity contribution >= 4 is 5.91 Å². The van der Waals surface area contributed by atoms with Crippen LogP contribution in [0.15, 0.2) is 18.2 Å². The summed E-state index contributed by atoms with van der Waals surface area (Å²) < 4.78 is 0. The number of hydrogen-bond acceptors (Lipinski definition) is 2. The van der Waals surface area contributed by atoms with Crippen molar-refractivity contribution in [1.29, 1.82) is 0 Å². The van der Waals surface area contributed by atoms with Crippen molar-refractivity contribution in [1.82, 2.24) is 5.32 Å². The highest BCUT2D eigenvalue weighted by Crippen LogP contribution is 2.27. The molecule has 0 spiro atoms. The lowest BCUT2D eigenvalue weighted by Crippen LogP contribution is -2.46. The predicted molar refractivity (Wildman–Crippen MR) is 84.5 cm³/mol. The number of amides is 1. The van der Waals surface area contributed by atoms with E-state index >= 15 is 0 Å². The molecule has 0 saturated heterocycles. The van der Waals surface area contributed by atoms with Gasteiger partial charge in [0.05, 0.1) is 11.5 Å². The molecule has 1 aromatic carbocycles. The zero-order chi connectivity index (χ0) is 15.3. The fourth-order valence-corrected chi connectivity index (χ4v) is 2.69. The topological polar surface area (TPSA) is 55.1 Å². The molecule has 0 aliphatic rings. The summed E-state index contributed by atoms with van der Waals surface area (Å²) in [5, 5.41) is 3.13. The molecule has 0 saturated carbocycles. The zero-order valence-electron chi connectivity index (χ0n) is 13.4. The molecule has 0 radical (unpaired) electrons. The van der Waals surface area contributed by atoms with Crippen LogP contribution in [0.3, 0.4) is 0 Å². The SMILES string of the molecule is CCC(CC)(CN)C(=O)NC(C)c1ccc(C)cc1C. The van der Waals surface area contributed by atoms with Crippen LogP contribution in [0.2, 0.25) is 0 Å². The molecular weight excluding hydrogens is 248 g/mol. The normalized spacial score (nSPS) is 13.1. The molecule has 0 heterocycles. The Morgan fingerprint density at radius 3 is 2.35 bits per heavy atom. The third kappa shape index (κ3) is 3.40. The largest absolute Gasteiger partial charge is 0.349 e. The molecule has 3 N–H and O–H groups in total. The Morgan fingerprint density at radius 2 is 1.90 bits per heavy atom. The Labute approximate surface area is 122 Å². The second-order valence-electron chi connectivity index (χ2n) is 5.75. The second-order valence-corrected chi connectivity index (χ2v) is 5.75. The fourth-order valence-electron chi connectivity index (χ4n) is 2.69. The minimum atomic E-state index is -0.438. The number of carbonyl (C=O) groups excluding carboxylic acids is 1. The quantitative estimate of drug-likeness (QED) is 0.838. The molecule has 0 fully saturated rings. The molecule has 3 heteroatoms. The molecule has 0 bridgehead atoms. The number of rotatable bonds is 6. The standard InChI is InChI=1S/C17H28N2O/c1-6-17(7-2,11-18)16(20)19-14(5)15-9-8-12(3)10-13(15)4/h8-10,14H,6-7,11,18H2,1-5H3,(H,19,20). The van der Waals surface area contributed by atoms with Gasteiger partial charge in [-0.25, -0.2) is 0 Å². The molecule has 1 atom stereocenters. The summed E-state index contributed by atoms with van der Waals surface area (Å²) in [4.78, 5) is 12.5. The summed E-state index contributed by atoms with van der Waals surface area (Å²) in [6.45, 7) is 10.6. The molecule has 112 valence electrons. The van der Waals surface area contributed by atoms with Gasteiger partial charge in [0.15, 0.2) is 0 Å². The number of hydrogen-bond donors (Lipinski definition) is 2. The maximum atomic E-state index is 12.5. The van der Waals surface area contributed by atoms with E-state index in [-0.39, 0.29) is 11.9 Å². The second kappa shape index (κ2) is 6.89. The molecule has 3 nitrogen and oxygen atoms in total. The number of nitrogens with two attached hydrogens (primary N) is 1. The molecule has 1 amide bonds. The van der Waals surface area contributed by atoms with Crippen molar-refractivity contribution in [2.45, 2.75) is 53.5 Å². The lowest BCUT2D eigenvalue weighted by molar-refractivity contribution is -0.131. The highest BCUT2D eigenvalue weighted by Gasteiger charge is 2.34. The Hall–Kier alpha value is -1.35. The summed E-state index contributed by atoms with van der Waals surface area (Å²) in [5.41, 5.74) is 9.02. The highest BCUT2D eigenvalue weighted by atomic mass is 16.2. The third-order valence-electron chi connectivity index (χ3n) is 4.47. The number of nitrogens with one attached hydrogen (secondary N) is 1. The van der Waals surface area contributed by atoms with Gasteiger partial charge in [-0.15, -0.1) is 0 Å². The van der Waals surface area contributed by atoms with Crippen LogP contribution in [0.25, 0.3) is 0 Å². The van der Waals surface area contributed by atoms with E-state index in [0.29, 0.717) is 6.54 Å². The van der Waals surface area contributed by atoms with Crippen LogP contribution in [0, 0.1) is 19.3 Å². The van der Waals surface area contributed by atoms with E-state index in [4.69, 9.17) is 5.73 Å². The summed E-state index contributed by atoms with van der Waals surface area (Å²) in [6, 6.07) is 6.33. The molecule has 0 aromatic heterocycles. The minimum Gasteiger partial charge on any atom is -0.349 e. The summed E-state index contributed by atoms with van der Waals surface area (Å²) in [7, 11) is 0. The van der Waals surface area contributed by atoms with Gasteiger partial charge >= 0.3 is 0 Å². The van der Waals surface area contributed by atoms with E-state index in [1.165, 1.54) is 16.7 Å². The van der Waals surface area contributed by atoms with Crippen LogP contribution in [0.1, 0.15) is 56.3 Å². The summed E-state index contributed by atoms with van der Waals surface area (Å²) >= 11 is 0. The average Bonchev–Trinajstić information content (AvgIpc) is 2.41. The zero-order valence-corrected chi connectivity index (χ0v) is 13.4. The number of carbonyl (C=O) groups is 1. The highest BCUT2D eigenvalue weighted by molar-refractivity contribution is 5.83. The monoisotopic (exact) mass is 276 g/mol. The summed E-state index contributed by atoms with van der Waals surface area (Å²) in [5.74, 6) is 0.0671. The first-order valence-corrected chi connectivity index (χ1v) is 7.48. The van der Waals surface area contributed by atoms with Gasteiger partial charge in [-0.1, -0.05) is 37.6 Å². The van der Waals surface area contributed by atoms with Crippen LogP contribution in [-0.2, 0) is 4.79 Å². The van der Waals surface area contributed by atoms with Crippen molar-refractivity contribution in [2.75, 3.05) is 6.54 Å². The molecule has 20 heavy (non-hydrogen) atoms. The maximum Gasteiger partial charge on any atom is 0.227 e. The van der Waals surface area contributed by atoms with Gasteiger partial charge in [-0.3, -0.25) is 4.79 Å². The van der Waals surface area contributed by atoms with E-state index in [1.54, 1.807) is 0 Å². The van der Waals surface area contributed by atoms with Crippen LogP contribution >= 0.6 is 0 Å². The molecular formula is C17H28N2O. The van der Waals surface area contributed by atoms with E-state index < -0.39 is 5.41 Å². The van der Waals surface area contributed by atoms with Gasteiger partial charge < -0.3 is 11.1 Å². The molecule has 1 rings (SSSR count). The minimum absolute atomic E-state index is 0.00660. The first-order chi connectivity index (χ1) is 9.40. The van der Waals surface area contributed by atoms with Crippen molar-refractivity contribution in [2.24, 2.45) is 11.1 Å². The van der Waals surface area contributed by atoms with Crippen molar-refractivity contribution in [3.05, 3.63) is 34.9 Å². The van der Waals surface area contributed by atoms with Gasteiger partial charge in [-0.05, 0) is 44.7 Å². The van der Waals surface area contributed by atoms with E-state index in [9.17, 15) is 4.79 Å². The molecule has 1 unspecified atom stereocenters. The number of benzene rings is 1. The fraction of sp³-hybridized carbons (Fsp3) is 0.588. The van der Waals surface area contributed by atoms with Gasteiger partial charge in [0.1, 0.15) is 0 Å². The van der Waals surface area contributed by atoms with Crippen LogP contribution in [0.5, 0.6) is 0 Å². The van der Waals surface area contributed by atoms with Crippen molar-refractivity contribution in [3.8, 4) is 0 Å². The predicted octanol–water partition coefficient (Wildman–Crippen LogP) is 3.25. The third-order valence-corrected chi connectivity index (χ3v) is 4.47. The lowest BCUT2D eigenvalue weighted by atomic mass is 9.81. The van der Waals surface area contributed by atoms with E-state index in [1.807, 2.05) is 20.8 Å². The maximum absolute atomic E-state index is 12.5. The number of aryl methyl sites for hydroxylation is 2. The van der Waals surface area contributed by atoms with Crippen molar-refractivity contribution in [3.63, 3.8) is 0 Å². The molecule has 0 aliphatic carbocycles. The Morgan fingerprint density at radius 1 is 1.30 bits per heavy atom. The van der Waals surface area contributed by atoms with Gasteiger partial charge in [-0.2, -0.15) is 0 Å². The van der Waals surface area contributed by atoms with E-state index in [2.05, 4.69) is 37.4 Å². The molecule has 0 aliphatic heterocycles. The molecule has 1 aromatic rings. The smallest absolute Gasteiger partial charge is 0.227 e. The lowest BCUT2D eigenvalue weighted by Gasteiger charge is -2.30. The van der Waals surface area contributed by atoms with Crippen LogP contribution in [0.4, 0.5) is 0 Å². The van der Waals surface area contributed by atoms with Crippen LogP contribution < -0.4 is 11.1 Å². The summed E-state index contributed by atoms with van der Waals surface area (Å²) in [6.07, 6.45) is 1.54. The Bertz CT molecular complexity index is 456. The Kier molecular flexibility index (Phi) is 5.75. The van der Waals surface area contributed by atoms with Gasteiger partial charge in [0, 0.05) is 6.54 Å². The van der Waals surface area contributed by atoms with E-state index in [0.717, 1.165) is 12.8 Å². The van der Waals surface area contributed by atoms with Crippen LogP contribution in [-0.4, -0.2) is 12.5 Å². The first kappa shape index (κ1) is 16.7. The average molecular weight is 276 g/mol. The van der Waals surface area contributed by atoms with Crippen molar-refractivity contribution < 1.29 is 4.79 Å². The van der Waals surface area contributed by atoms with Gasteiger partial charge in [0.25, 0.3) is 0 Å². The first-order valence-electron chi connectivity index (χ1n) is 7.48.